The van der Waals surface area contributed by atoms with Crippen LogP contribution < -0.4 is 14.8 Å². The molecule has 0 aliphatic carbocycles. The Morgan fingerprint density at radius 1 is 1.07 bits per heavy atom. The summed E-state index contributed by atoms with van der Waals surface area (Å²) >= 11 is 0. The first-order valence-electron chi connectivity index (χ1n) is 9.59. The molecule has 0 radical (unpaired) electrons. The number of hydrogen-bond donors (Lipinski definition) is 1. The zero-order chi connectivity index (χ0) is 18.8. The molecular formula is C19H26N4O4. The van der Waals surface area contributed by atoms with Gasteiger partial charge in [0, 0.05) is 32.7 Å². The van der Waals surface area contributed by atoms with Crippen LogP contribution in [0.25, 0.3) is 0 Å². The molecule has 3 aliphatic heterocycles. The van der Waals surface area contributed by atoms with E-state index in [0.717, 1.165) is 50.6 Å². The van der Waals surface area contributed by atoms with Crippen molar-refractivity contribution in [2.24, 2.45) is 0 Å². The summed E-state index contributed by atoms with van der Waals surface area (Å²) < 4.78 is 10.8. The average molecular weight is 374 g/mol. The van der Waals surface area contributed by atoms with Gasteiger partial charge < -0.3 is 14.8 Å². The highest BCUT2D eigenvalue weighted by atomic mass is 16.7. The van der Waals surface area contributed by atoms with Crippen LogP contribution in [-0.2, 0) is 11.3 Å². The molecule has 0 unspecified atom stereocenters. The third kappa shape index (κ3) is 3.86. The lowest BCUT2D eigenvalue weighted by molar-refractivity contribution is -0.129. The first-order valence-corrected chi connectivity index (χ1v) is 9.59. The highest BCUT2D eigenvalue weighted by molar-refractivity contribution is 6.04. The standard InChI is InChI=1S/C19H26N4O4/c1-2-3-15-18(24)23(19(25)20-15)12-22-8-6-21(7-9-22)11-14-4-5-16-17(10-14)27-13-26-16/h4-5,10,15H,2-3,6-9,11-13H2,1H3,(H,20,25)/t15-/m0/s1. The summed E-state index contributed by atoms with van der Waals surface area (Å²) in [6, 6.07) is 5.45. The SMILES string of the molecule is CCC[C@@H]1NC(=O)N(CN2CCN(Cc3ccc4c(c3)OCO4)CC2)C1=O. The number of amides is 3. The van der Waals surface area contributed by atoms with Crippen molar-refractivity contribution in [3.63, 3.8) is 0 Å². The third-order valence-electron chi connectivity index (χ3n) is 5.33. The third-order valence-corrected chi connectivity index (χ3v) is 5.33. The maximum atomic E-state index is 12.4. The van der Waals surface area contributed by atoms with E-state index in [1.165, 1.54) is 10.5 Å². The molecule has 1 aromatic carbocycles. The number of piperazine rings is 1. The summed E-state index contributed by atoms with van der Waals surface area (Å²) in [5.74, 6) is 1.52. The summed E-state index contributed by atoms with van der Waals surface area (Å²) in [5, 5.41) is 2.78. The van der Waals surface area contributed by atoms with Crippen molar-refractivity contribution in [1.29, 1.82) is 0 Å². The van der Waals surface area contributed by atoms with Gasteiger partial charge in [-0.05, 0) is 24.1 Å². The van der Waals surface area contributed by atoms with E-state index < -0.39 is 0 Å². The molecule has 2 fully saturated rings. The molecule has 8 nitrogen and oxygen atoms in total. The van der Waals surface area contributed by atoms with Crippen LogP contribution in [0.5, 0.6) is 11.5 Å². The molecule has 1 aromatic rings. The quantitative estimate of drug-likeness (QED) is 0.755. The molecule has 0 saturated carbocycles. The monoisotopic (exact) mass is 374 g/mol. The maximum Gasteiger partial charge on any atom is 0.325 e. The van der Waals surface area contributed by atoms with Gasteiger partial charge in [-0.1, -0.05) is 19.4 Å². The van der Waals surface area contributed by atoms with Crippen LogP contribution in [0, 0.1) is 0 Å². The Labute approximate surface area is 159 Å². The van der Waals surface area contributed by atoms with E-state index >= 15 is 0 Å². The largest absolute Gasteiger partial charge is 0.454 e. The fraction of sp³-hybridized carbons (Fsp3) is 0.579. The van der Waals surface area contributed by atoms with Gasteiger partial charge in [0.2, 0.25) is 6.79 Å². The first-order chi connectivity index (χ1) is 13.1. The number of rotatable bonds is 6. The van der Waals surface area contributed by atoms with Crippen LogP contribution in [-0.4, -0.2) is 72.3 Å². The highest BCUT2D eigenvalue weighted by Gasteiger charge is 2.38. The van der Waals surface area contributed by atoms with Gasteiger partial charge in [0.15, 0.2) is 11.5 Å². The predicted octanol–water partition coefficient (Wildman–Crippen LogP) is 1.21. The summed E-state index contributed by atoms with van der Waals surface area (Å²) in [5.41, 5.74) is 1.20. The van der Waals surface area contributed by atoms with Crippen LogP contribution in [0.3, 0.4) is 0 Å². The fourth-order valence-corrected chi connectivity index (χ4v) is 3.78. The van der Waals surface area contributed by atoms with Gasteiger partial charge in [-0.3, -0.25) is 14.6 Å². The molecule has 8 heteroatoms. The van der Waals surface area contributed by atoms with Crippen LogP contribution >= 0.6 is 0 Å². The molecule has 0 spiro atoms. The van der Waals surface area contributed by atoms with Crippen molar-refractivity contribution in [3.8, 4) is 11.5 Å². The Morgan fingerprint density at radius 3 is 2.59 bits per heavy atom. The summed E-state index contributed by atoms with van der Waals surface area (Å²) in [6.45, 7) is 7.00. The fourth-order valence-electron chi connectivity index (χ4n) is 3.78. The molecular weight excluding hydrogens is 348 g/mol. The Morgan fingerprint density at radius 2 is 1.81 bits per heavy atom. The minimum Gasteiger partial charge on any atom is -0.454 e. The first kappa shape index (κ1) is 18.1. The molecule has 3 amide bonds. The molecule has 1 atom stereocenters. The molecule has 3 heterocycles. The van der Waals surface area contributed by atoms with Crippen molar-refractivity contribution in [2.45, 2.75) is 32.4 Å². The smallest absolute Gasteiger partial charge is 0.325 e. The van der Waals surface area contributed by atoms with E-state index in [9.17, 15) is 9.59 Å². The second-order valence-electron chi connectivity index (χ2n) is 7.28. The lowest BCUT2D eigenvalue weighted by Crippen LogP contribution is -2.51. The minimum absolute atomic E-state index is 0.0929. The van der Waals surface area contributed by atoms with Gasteiger partial charge in [0.1, 0.15) is 6.04 Å². The van der Waals surface area contributed by atoms with Crippen molar-refractivity contribution < 1.29 is 19.1 Å². The lowest BCUT2D eigenvalue weighted by atomic mass is 10.1. The number of carbonyl (C=O) groups is 2. The summed E-state index contributed by atoms with van der Waals surface area (Å²) in [6.07, 6.45) is 1.58. The topological polar surface area (TPSA) is 74.4 Å². The van der Waals surface area contributed by atoms with Gasteiger partial charge in [-0.25, -0.2) is 9.69 Å². The van der Waals surface area contributed by atoms with Gasteiger partial charge in [0.05, 0.1) is 6.67 Å². The highest BCUT2D eigenvalue weighted by Crippen LogP contribution is 2.32. The van der Waals surface area contributed by atoms with Crippen LogP contribution in [0.4, 0.5) is 4.79 Å². The van der Waals surface area contributed by atoms with E-state index in [1.54, 1.807) is 0 Å². The molecule has 0 bridgehead atoms. The molecule has 146 valence electrons. The van der Waals surface area contributed by atoms with E-state index in [2.05, 4.69) is 21.2 Å². The molecule has 3 aliphatic rings. The lowest BCUT2D eigenvalue weighted by Gasteiger charge is -2.36. The number of benzene rings is 1. The molecule has 0 aromatic heterocycles. The molecule has 27 heavy (non-hydrogen) atoms. The number of ether oxygens (including phenoxy) is 2. The number of fused-ring (bicyclic) bond motifs is 1. The second kappa shape index (κ2) is 7.74. The van der Waals surface area contributed by atoms with Gasteiger partial charge in [-0.15, -0.1) is 0 Å². The van der Waals surface area contributed by atoms with E-state index in [0.29, 0.717) is 19.9 Å². The maximum absolute atomic E-state index is 12.4. The number of hydrogen-bond acceptors (Lipinski definition) is 6. The van der Waals surface area contributed by atoms with Crippen molar-refractivity contribution in [1.82, 2.24) is 20.0 Å². The number of nitrogens with one attached hydrogen (secondary N) is 1. The Kier molecular flexibility index (Phi) is 5.18. The van der Waals surface area contributed by atoms with Crippen molar-refractivity contribution in [3.05, 3.63) is 23.8 Å². The summed E-state index contributed by atoms with van der Waals surface area (Å²) in [4.78, 5) is 30.3. The van der Waals surface area contributed by atoms with Crippen molar-refractivity contribution in [2.75, 3.05) is 39.6 Å². The predicted molar refractivity (Wildman–Crippen MR) is 98.4 cm³/mol. The number of imide groups is 1. The van der Waals surface area contributed by atoms with Crippen molar-refractivity contribution >= 4 is 11.9 Å². The minimum atomic E-state index is -0.352. The normalized spacial score (nSPS) is 23.1. The second-order valence-corrected chi connectivity index (χ2v) is 7.28. The Balaban J connectivity index is 1.27. The molecule has 1 N–H and O–H groups in total. The van der Waals surface area contributed by atoms with E-state index in [1.807, 2.05) is 19.1 Å². The summed E-state index contributed by atoms with van der Waals surface area (Å²) in [7, 11) is 0. The zero-order valence-electron chi connectivity index (χ0n) is 15.6. The number of carbonyl (C=O) groups excluding carboxylic acids is 2. The van der Waals surface area contributed by atoms with Gasteiger partial charge in [0.25, 0.3) is 5.91 Å². The van der Waals surface area contributed by atoms with Gasteiger partial charge >= 0.3 is 6.03 Å². The molecule has 4 rings (SSSR count). The van der Waals surface area contributed by atoms with E-state index in [4.69, 9.17) is 9.47 Å². The average Bonchev–Trinajstić information content (AvgIpc) is 3.23. The van der Waals surface area contributed by atoms with Gasteiger partial charge in [-0.2, -0.15) is 0 Å². The Hall–Kier alpha value is -2.32. The van der Waals surface area contributed by atoms with Crippen LogP contribution in [0.15, 0.2) is 18.2 Å². The number of nitrogens with zero attached hydrogens (tertiary/aromatic N) is 3. The van der Waals surface area contributed by atoms with E-state index in [-0.39, 0.29) is 18.0 Å². The van der Waals surface area contributed by atoms with Crippen LogP contribution in [0.1, 0.15) is 25.3 Å². The van der Waals surface area contributed by atoms with Crippen LogP contribution in [0.2, 0.25) is 0 Å². The zero-order valence-corrected chi connectivity index (χ0v) is 15.6. The molecule has 2 saturated heterocycles. The number of urea groups is 1. The Bertz CT molecular complexity index is 718.